The van der Waals surface area contributed by atoms with Gasteiger partial charge in [-0.15, -0.1) is 0 Å². The van der Waals surface area contributed by atoms with Crippen LogP contribution in [-0.4, -0.2) is 11.2 Å². The highest BCUT2D eigenvalue weighted by atomic mass is 35.5. The SMILES string of the molecule is Cc1ccccc1.O=C(O)[n+]1ccccc1.[Cl-]. The Labute approximate surface area is 107 Å². The number of aromatic nitrogens is 1. The molecule has 1 N–H and O–H groups in total. The Balaban J connectivity index is 0.000000292. The van der Waals surface area contributed by atoms with Crippen LogP contribution in [0.3, 0.4) is 0 Å². The van der Waals surface area contributed by atoms with Gasteiger partial charge in [0.15, 0.2) is 12.4 Å². The standard InChI is InChI=1S/C7H8.C6H5NO2.ClH/c1-7-5-3-2-4-6-7;8-6(9)7-4-2-1-3-5-7;/h2-6H,1H3;1-5H;1H. The lowest BCUT2D eigenvalue weighted by Gasteiger charge is -1.82. The van der Waals surface area contributed by atoms with Crippen LogP contribution < -0.4 is 17.0 Å². The Kier molecular flexibility index (Phi) is 7.39. The fourth-order valence-corrected chi connectivity index (χ4v) is 1.06. The zero-order valence-electron chi connectivity index (χ0n) is 9.45. The van der Waals surface area contributed by atoms with Gasteiger partial charge in [-0.05, 0) is 6.92 Å². The van der Waals surface area contributed by atoms with Gasteiger partial charge in [-0.3, -0.25) is 0 Å². The highest BCUT2D eigenvalue weighted by Gasteiger charge is 2.06. The van der Waals surface area contributed by atoms with Crippen molar-refractivity contribution in [2.24, 2.45) is 0 Å². The number of benzene rings is 1. The molecule has 3 nitrogen and oxygen atoms in total. The van der Waals surface area contributed by atoms with Crippen molar-refractivity contribution in [1.29, 1.82) is 0 Å². The molecular weight excluding hydrogens is 238 g/mol. The molecule has 0 saturated heterocycles. The van der Waals surface area contributed by atoms with Crippen LogP contribution in [0.25, 0.3) is 0 Å². The van der Waals surface area contributed by atoms with Crippen LogP contribution in [0.1, 0.15) is 5.56 Å². The van der Waals surface area contributed by atoms with Gasteiger partial charge in [0, 0.05) is 12.1 Å². The zero-order chi connectivity index (χ0) is 11.8. The van der Waals surface area contributed by atoms with E-state index in [4.69, 9.17) is 5.11 Å². The molecule has 4 heteroatoms. The summed E-state index contributed by atoms with van der Waals surface area (Å²) in [6, 6.07) is 15.3. The quantitative estimate of drug-likeness (QED) is 0.642. The molecule has 0 amide bonds. The molecule has 0 atom stereocenters. The van der Waals surface area contributed by atoms with E-state index in [-0.39, 0.29) is 12.4 Å². The maximum absolute atomic E-state index is 10.2. The largest absolute Gasteiger partial charge is 1.00 e. The summed E-state index contributed by atoms with van der Waals surface area (Å²) in [5.74, 6) is 0. The fourth-order valence-electron chi connectivity index (χ4n) is 1.06. The Morgan fingerprint density at radius 2 is 1.47 bits per heavy atom. The number of hydrogen-bond acceptors (Lipinski definition) is 1. The maximum Gasteiger partial charge on any atom is 0.599 e. The van der Waals surface area contributed by atoms with Gasteiger partial charge in [0.1, 0.15) is 0 Å². The summed E-state index contributed by atoms with van der Waals surface area (Å²) < 4.78 is 1.08. The first-order valence-corrected chi connectivity index (χ1v) is 4.91. The number of nitrogens with zero attached hydrogens (tertiary/aromatic N) is 1. The number of carboxylic acid groups (broad SMARTS) is 1. The minimum atomic E-state index is -0.962. The van der Waals surface area contributed by atoms with Gasteiger partial charge >= 0.3 is 6.09 Å². The summed E-state index contributed by atoms with van der Waals surface area (Å²) in [7, 11) is 0. The summed E-state index contributed by atoms with van der Waals surface area (Å²) in [6.45, 7) is 2.08. The molecule has 1 aromatic carbocycles. The first-order chi connectivity index (χ1) is 7.70. The molecule has 90 valence electrons. The first kappa shape index (κ1) is 15.1. The van der Waals surface area contributed by atoms with Crippen molar-refractivity contribution < 1.29 is 26.9 Å². The second-order valence-electron chi connectivity index (χ2n) is 3.22. The van der Waals surface area contributed by atoms with E-state index in [2.05, 4.69) is 19.1 Å². The van der Waals surface area contributed by atoms with Gasteiger partial charge in [0.25, 0.3) is 0 Å². The highest BCUT2D eigenvalue weighted by Crippen LogP contribution is 1.92. The third-order valence-corrected chi connectivity index (χ3v) is 1.88. The number of aryl methyl sites for hydroxylation is 1. The fraction of sp³-hybridized carbons (Fsp3) is 0.0769. The number of rotatable bonds is 0. The summed E-state index contributed by atoms with van der Waals surface area (Å²) in [6.07, 6.45) is 1.99. The molecule has 2 aromatic rings. The third-order valence-electron chi connectivity index (χ3n) is 1.88. The highest BCUT2D eigenvalue weighted by molar-refractivity contribution is 5.53. The van der Waals surface area contributed by atoms with Crippen molar-refractivity contribution in [2.75, 3.05) is 0 Å². The van der Waals surface area contributed by atoms with Crippen molar-refractivity contribution in [2.45, 2.75) is 6.92 Å². The lowest BCUT2D eigenvalue weighted by molar-refractivity contribution is -0.584. The Morgan fingerprint density at radius 1 is 1.00 bits per heavy atom. The van der Waals surface area contributed by atoms with Crippen LogP contribution in [0.4, 0.5) is 4.79 Å². The molecule has 0 radical (unpaired) electrons. The van der Waals surface area contributed by atoms with Crippen LogP contribution in [0.5, 0.6) is 0 Å². The Morgan fingerprint density at radius 3 is 1.76 bits per heavy atom. The molecule has 1 heterocycles. The second-order valence-corrected chi connectivity index (χ2v) is 3.22. The van der Waals surface area contributed by atoms with Gasteiger partial charge in [0.2, 0.25) is 0 Å². The van der Waals surface area contributed by atoms with E-state index in [0.29, 0.717) is 0 Å². The number of halogens is 1. The molecule has 0 aliphatic rings. The number of pyridine rings is 1. The Hall–Kier alpha value is -1.87. The van der Waals surface area contributed by atoms with Gasteiger partial charge in [-0.25, -0.2) is 0 Å². The normalized spacial score (nSPS) is 8.29. The lowest BCUT2D eigenvalue weighted by Crippen LogP contribution is -3.00. The van der Waals surface area contributed by atoms with E-state index in [1.54, 1.807) is 18.2 Å². The minimum absolute atomic E-state index is 0. The second kappa shape index (κ2) is 8.30. The molecule has 2 rings (SSSR count). The molecule has 1 aromatic heterocycles. The minimum Gasteiger partial charge on any atom is -1.00 e. The summed E-state index contributed by atoms with van der Waals surface area (Å²) in [5, 5.41) is 8.35. The molecule has 0 aliphatic carbocycles. The van der Waals surface area contributed by atoms with E-state index in [1.807, 2.05) is 18.2 Å². The molecule has 0 aliphatic heterocycles. The molecule has 0 unspecified atom stereocenters. The predicted octanol–water partition coefficient (Wildman–Crippen LogP) is -0.501. The van der Waals surface area contributed by atoms with E-state index in [1.165, 1.54) is 18.0 Å². The van der Waals surface area contributed by atoms with Gasteiger partial charge in [-0.2, -0.15) is 4.79 Å². The van der Waals surface area contributed by atoms with E-state index in [0.717, 1.165) is 4.57 Å². The molecule has 17 heavy (non-hydrogen) atoms. The summed E-state index contributed by atoms with van der Waals surface area (Å²) >= 11 is 0. The summed E-state index contributed by atoms with van der Waals surface area (Å²) in [5.41, 5.74) is 1.32. The summed E-state index contributed by atoms with van der Waals surface area (Å²) in [4.78, 5) is 10.2. The smallest absolute Gasteiger partial charge is 0.599 e. The van der Waals surface area contributed by atoms with Gasteiger partial charge in [0.05, 0.1) is 0 Å². The molecule has 0 bridgehead atoms. The molecule has 0 spiro atoms. The Bertz CT molecular complexity index is 432. The van der Waals surface area contributed by atoms with Gasteiger partial charge < -0.3 is 17.5 Å². The predicted molar refractivity (Wildman–Crippen MR) is 61.2 cm³/mol. The van der Waals surface area contributed by atoms with Crippen LogP contribution >= 0.6 is 0 Å². The maximum atomic E-state index is 10.2. The van der Waals surface area contributed by atoms with Crippen LogP contribution in [-0.2, 0) is 0 Å². The van der Waals surface area contributed by atoms with E-state index >= 15 is 0 Å². The van der Waals surface area contributed by atoms with Crippen molar-refractivity contribution in [1.82, 2.24) is 0 Å². The lowest BCUT2D eigenvalue weighted by atomic mass is 10.2. The van der Waals surface area contributed by atoms with Crippen LogP contribution in [0.2, 0.25) is 0 Å². The van der Waals surface area contributed by atoms with E-state index in [9.17, 15) is 4.79 Å². The van der Waals surface area contributed by atoms with Crippen molar-refractivity contribution in [3.63, 3.8) is 0 Å². The monoisotopic (exact) mass is 251 g/mol. The van der Waals surface area contributed by atoms with E-state index < -0.39 is 6.09 Å². The van der Waals surface area contributed by atoms with Crippen molar-refractivity contribution >= 4 is 6.09 Å². The van der Waals surface area contributed by atoms with Crippen molar-refractivity contribution in [3.05, 3.63) is 66.5 Å². The van der Waals surface area contributed by atoms with Crippen LogP contribution in [0, 0.1) is 6.92 Å². The average molecular weight is 252 g/mol. The third kappa shape index (κ3) is 6.33. The average Bonchev–Trinajstić information content (AvgIpc) is 2.32. The first-order valence-electron chi connectivity index (χ1n) is 4.91. The topological polar surface area (TPSA) is 41.2 Å². The molecular formula is C13H14ClNO2. The molecule has 0 saturated carbocycles. The van der Waals surface area contributed by atoms with Crippen molar-refractivity contribution in [3.8, 4) is 0 Å². The van der Waals surface area contributed by atoms with Crippen LogP contribution in [0.15, 0.2) is 60.9 Å². The zero-order valence-corrected chi connectivity index (χ0v) is 10.2. The van der Waals surface area contributed by atoms with Gasteiger partial charge in [-0.1, -0.05) is 46.5 Å². The molecule has 0 fully saturated rings. The number of carbonyl (C=O) groups is 1. The number of hydrogen-bond donors (Lipinski definition) is 1.